The Morgan fingerprint density at radius 3 is 2.21 bits per heavy atom. The van der Waals surface area contributed by atoms with E-state index >= 15 is 0 Å². The molecular formula is C15H22N2O2. The number of unbranched alkanes of at least 4 members (excludes halogenated alkanes) is 2. The van der Waals surface area contributed by atoms with Crippen molar-refractivity contribution in [2.45, 2.75) is 32.6 Å². The summed E-state index contributed by atoms with van der Waals surface area (Å²) >= 11 is 0. The van der Waals surface area contributed by atoms with E-state index in [4.69, 9.17) is 0 Å². The van der Waals surface area contributed by atoms with Crippen LogP contribution in [-0.2, 0) is 4.79 Å². The molecule has 4 heteroatoms. The molecule has 0 bridgehead atoms. The van der Waals surface area contributed by atoms with Crippen molar-refractivity contribution in [3.63, 3.8) is 0 Å². The molecular weight excluding hydrogens is 240 g/mol. The summed E-state index contributed by atoms with van der Waals surface area (Å²) < 4.78 is 0. The van der Waals surface area contributed by atoms with Crippen LogP contribution in [0.4, 0.5) is 0 Å². The van der Waals surface area contributed by atoms with Crippen molar-refractivity contribution in [1.82, 2.24) is 10.6 Å². The van der Waals surface area contributed by atoms with Gasteiger partial charge >= 0.3 is 0 Å². The van der Waals surface area contributed by atoms with E-state index in [1.807, 2.05) is 25.1 Å². The van der Waals surface area contributed by atoms with Crippen LogP contribution in [0.5, 0.6) is 0 Å². The molecule has 104 valence electrons. The average Bonchev–Trinajstić information content (AvgIpc) is 2.46. The lowest BCUT2D eigenvalue weighted by Crippen LogP contribution is -2.25. The molecule has 0 aliphatic carbocycles. The summed E-state index contributed by atoms with van der Waals surface area (Å²) in [5.74, 6) is 0.0669. The summed E-state index contributed by atoms with van der Waals surface area (Å²) in [7, 11) is 0. The van der Waals surface area contributed by atoms with Crippen molar-refractivity contribution in [1.29, 1.82) is 0 Å². The second-order valence-electron chi connectivity index (χ2n) is 4.39. The zero-order valence-electron chi connectivity index (χ0n) is 11.4. The summed E-state index contributed by atoms with van der Waals surface area (Å²) in [4.78, 5) is 22.7. The topological polar surface area (TPSA) is 58.2 Å². The molecule has 0 heterocycles. The Bertz CT molecular complexity index is 390. The van der Waals surface area contributed by atoms with E-state index in [-0.39, 0.29) is 11.8 Å². The molecule has 0 saturated carbocycles. The van der Waals surface area contributed by atoms with E-state index in [1.165, 1.54) is 0 Å². The Hall–Kier alpha value is -1.84. The molecule has 0 radical (unpaired) electrons. The molecule has 2 N–H and O–H groups in total. The van der Waals surface area contributed by atoms with Gasteiger partial charge < -0.3 is 10.6 Å². The van der Waals surface area contributed by atoms with Gasteiger partial charge in [-0.2, -0.15) is 0 Å². The molecule has 1 rings (SSSR count). The van der Waals surface area contributed by atoms with Gasteiger partial charge in [0.1, 0.15) is 0 Å². The van der Waals surface area contributed by atoms with Crippen LogP contribution in [0.3, 0.4) is 0 Å². The highest BCUT2D eigenvalue weighted by molar-refractivity contribution is 5.94. The second kappa shape index (κ2) is 9.14. The van der Waals surface area contributed by atoms with Gasteiger partial charge in [-0.1, -0.05) is 25.1 Å². The third kappa shape index (κ3) is 6.60. The number of benzene rings is 1. The van der Waals surface area contributed by atoms with Gasteiger partial charge in [-0.3, -0.25) is 9.59 Å². The SMILES string of the molecule is CCC(=O)NCCCCCNC(=O)c1ccccc1. The largest absolute Gasteiger partial charge is 0.356 e. The third-order valence-electron chi connectivity index (χ3n) is 2.82. The fraction of sp³-hybridized carbons (Fsp3) is 0.467. The van der Waals surface area contributed by atoms with Crippen LogP contribution in [0.1, 0.15) is 43.0 Å². The predicted octanol–water partition coefficient (Wildman–Crippen LogP) is 2.11. The smallest absolute Gasteiger partial charge is 0.251 e. The van der Waals surface area contributed by atoms with Gasteiger partial charge in [0.05, 0.1) is 0 Å². The number of carbonyl (C=O) groups excluding carboxylic acids is 2. The van der Waals surface area contributed by atoms with E-state index in [9.17, 15) is 9.59 Å². The molecule has 1 aromatic rings. The van der Waals surface area contributed by atoms with Crippen molar-refractivity contribution in [3.05, 3.63) is 35.9 Å². The van der Waals surface area contributed by atoms with E-state index in [0.717, 1.165) is 25.8 Å². The first kappa shape index (κ1) is 15.2. The van der Waals surface area contributed by atoms with Crippen LogP contribution >= 0.6 is 0 Å². The zero-order valence-corrected chi connectivity index (χ0v) is 11.4. The minimum Gasteiger partial charge on any atom is -0.356 e. The number of carbonyl (C=O) groups is 2. The van der Waals surface area contributed by atoms with Crippen molar-refractivity contribution in [2.24, 2.45) is 0 Å². The molecule has 4 nitrogen and oxygen atoms in total. The first-order valence-corrected chi connectivity index (χ1v) is 6.84. The fourth-order valence-electron chi connectivity index (χ4n) is 1.67. The Morgan fingerprint density at radius 1 is 0.947 bits per heavy atom. The molecule has 1 aromatic carbocycles. The predicted molar refractivity (Wildman–Crippen MR) is 75.9 cm³/mol. The maximum absolute atomic E-state index is 11.7. The second-order valence-corrected chi connectivity index (χ2v) is 4.39. The summed E-state index contributed by atoms with van der Waals surface area (Å²) in [5.41, 5.74) is 0.692. The highest BCUT2D eigenvalue weighted by atomic mass is 16.2. The summed E-state index contributed by atoms with van der Waals surface area (Å²) in [6.45, 7) is 3.24. The highest BCUT2D eigenvalue weighted by Gasteiger charge is 2.02. The maximum Gasteiger partial charge on any atom is 0.251 e. The lowest BCUT2D eigenvalue weighted by molar-refractivity contribution is -0.120. The van der Waals surface area contributed by atoms with Gasteiger partial charge in [-0.15, -0.1) is 0 Å². The van der Waals surface area contributed by atoms with Crippen LogP contribution < -0.4 is 10.6 Å². The Balaban J connectivity index is 2.02. The van der Waals surface area contributed by atoms with Crippen molar-refractivity contribution in [2.75, 3.05) is 13.1 Å². The maximum atomic E-state index is 11.7. The number of hydrogen-bond donors (Lipinski definition) is 2. The van der Waals surface area contributed by atoms with Crippen LogP contribution in [0.25, 0.3) is 0 Å². The summed E-state index contributed by atoms with van der Waals surface area (Å²) in [5, 5.41) is 5.72. The summed E-state index contributed by atoms with van der Waals surface area (Å²) in [6, 6.07) is 9.20. The van der Waals surface area contributed by atoms with E-state index in [2.05, 4.69) is 10.6 Å². The third-order valence-corrected chi connectivity index (χ3v) is 2.82. The standard InChI is InChI=1S/C15H22N2O2/c1-2-14(18)16-11-7-4-8-12-17-15(19)13-9-5-3-6-10-13/h3,5-6,9-10H,2,4,7-8,11-12H2,1H3,(H,16,18)(H,17,19). The van der Waals surface area contributed by atoms with Gasteiger partial charge in [-0.05, 0) is 31.4 Å². The van der Waals surface area contributed by atoms with Crippen LogP contribution in [-0.4, -0.2) is 24.9 Å². The van der Waals surface area contributed by atoms with E-state index < -0.39 is 0 Å². The Labute approximate surface area is 114 Å². The normalized spacial score (nSPS) is 9.95. The van der Waals surface area contributed by atoms with Gasteiger partial charge in [-0.25, -0.2) is 0 Å². The number of nitrogens with one attached hydrogen (secondary N) is 2. The molecule has 0 unspecified atom stereocenters. The number of hydrogen-bond acceptors (Lipinski definition) is 2. The van der Waals surface area contributed by atoms with Gasteiger partial charge in [0.25, 0.3) is 5.91 Å². The molecule has 19 heavy (non-hydrogen) atoms. The molecule has 0 fully saturated rings. The Kier molecular flexibility index (Phi) is 7.32. The average molecular weight is 262 g/mol. The molecule has 0 spiro atoms. The Morgan fingerprint density at radius 2 is 1.58 bits per heavy atom. The molecule has 0 aliphatic heterocycles. The van der Waals surface area contributed by atoms with Crippen molar-refractivity contribution >= 4 is 11.8 Å². The minimum absolute atomic E-state index is 0.0279. The molecule has 0 atom stereocenters. The summed E-state index contributed by atoms with van der Waals surface area (Å²) in [6.07, 6.45) is 3.42. The molecule has 0 saturated heterocycles. The number of rotatable bonds is 8. The van der Waals surface area contributed by atoms with E-state index in [0.29, 0.717) is 18.5 Å². The van der Waals surface area contributed by atoms with Gasteiger partial charge in [0.15, 0.2) is 0 Å². The lowest BCUT2D eigenvalue weighted by Gasteiger charge is -2.06. The fourth-order valence-corrected chi connectivity index (χ4v) is 1.67. The minimum atomic E-state index is -0.0279. The molecule has 2 amide bonds. The van der Waals surface area contributed by atoms with Gasteiger partial charge in [0.2, 0.25) is 5.91 Å². The molecule has 0 aromatic heterocycles. The van der Waals surface area contributed by atoms with Gasteiger partial charge in [0, 0.05) is 25.1 Å². The van der Waals surface area contributed by atoms with Crippen LogP contribution in [0.2, 0.25) is 0 Å². The zero-order chi connectivity index (χ0) is 13.9. The van der Waals surface area contributed by atoms with Crippen molar-refractivity contribution < 1.29 is 9.59 Å². The number of amides is 2. The monoisotopic (exact) mass is 262 g/mol. The van der Waals surface area contributed by atoms with Crippen LogP contribution in [0, 0.1) is 0 Å². The quantitative estimate of drug-likeness (QED) is 0.705. The molecule has 0 aliphatic rings. The highest BCUT2D eigenvalue weighted by Crippen LogP contribution is 1.98. The van der Waals surface area contributed by atoms with Crippen molar-refractivity contribution in [3.8, 4) is 0 Å². The van der Waals surface area contributed by atoms with E-state index in [1.54, 1.807) is 12.1 Å². The first-order valence-electron chi connectivity index (χ1n) is 6.84. The lowest BCUT2D eigenvalue weighted by atomic mass is 10.2. The van der Waals surface area contributed by atoms with Crippen LogP contribution in [0.15, 0.2) is 30.3 Å². The first-order chi connectivity index (χ1) is 9.24.